The molecule has 3 aromatic heterocycles. The molecule has 4 aliphatic heterocycles. The van der Waals surface area contributed by atoms with Crippen molar-refractivity contribution in [1.82, 2.24) is 19.4 Å². The average molecular weight is 506 g/mol. The summed E-state index contributed by atoms with van der Waals surface area (Å²) < 4.78 is 26.2. The van der Waals surface area contributed by atoms with Crippen molar-refractivity contribution >= 4 is 22.6 Å². The highest BCUT2D eigenvalue weighted by Gasteiger charge is 2.45. The van der Waals surface area contributed by atoms with Crippen molar-refractivity contribution < 1.29 is 23.7 Å². The van der Waals surface area contributed by atoms with Crippen LogP contribution in [0.15, 0.2) is 24.5 Å². The molecule has 3 saturated heterocycles. The summed E-state index contributed by atoms with van der Waals surface area (Å²) in [6, 6.07) is 4.51. The third-order valence-electron chi connectivity index (χ3n) is 7.99. The van der Waals surface area contributed by atoms with Gasteiger partial charge in [-0.3, -0.25) is 9.69 Å². The SMILES string of the molecule is CC(=O)Nc1cc2c(-c3cc(OC4CN(C5COC5)C4)c4c(n3)C3(CCOC3)OCC4)cn(C)c2cn1. The molecule has 3 fully saturated rings. The van der Waals surface area contributed by atoms with Crippen LogP contribution < -0.4 is 10.1 Å². The van der Waals surface area contributed by atoms with Gasteiger partial charge in [-0.2, -0.15) is 0 Å². The minimum absolute atomic E-state index is 0.140. The van der Waals surface area contributed by atoms with Crippen LogP contribution in [0.4, 0.5) is 5.82 Å². The van der Waals surface area contributed by atoms with Gasteiger partial charge in [0.15, 0.2) is 0 Å². The predicted molar refractivity (Wildman–Crippen MR) is 136 cm³/mol. The summed E-state index contributed by atoms with van der Waals surface area (Å²) in [6.07, 6.45) is 5.52. The van der Waals surface area contributed by atoms with Gasteiger partial charge in [0.05, 0.1) is 55.6 Å². The number of hydrogen-bond acceptors (Lipinski definition) is 8. The van der Waals surface area contributed by atoms with Crippen LogP contribution >= 0.6 is 0 Å². The first kappa shape index (κ1) is 23.1. The Balaban J connectivity index is 1.31. The number of ether oxygens (including phenoxy) is 4. The molecule has 3 aromatic rings. The van der Waals surface area contributed by atoms with Gasteiger partial charge in [-0.05, 0) is 6.07 Å². The first-order valence-corrected chi connectivity index (χ1v) is 13.0. The third-order valence-corrected chi connectivity index (χ3v) is 7.99. The second-order valence-electron chi connectivity index (χ2n) is 10.5. The van der Waals surface area contributed by atoms with Crippen molar-refractivity contribution in [1.29, 1.82) is 0 Å². The lowest BCUT2D eigenvalue weighted by Gasteiger charge is -2.47. The summed E-state index contributed by atoms with van der Waals surface area (Å²) in [4.78, 5) is 23.7. The molecule has 0 aromatic carbocycles. The van der Waals surface area contributed by atoms with Crippen molar-refractivity contribution in [2.24, 2.45) is 7.05 Å². The van der Waals surface area contributed by atoms with Gasteiger partial charge < -0.3 is 28.8 Å². The minimum Gasteiger partial charge on any atom is -0.487 e. The maximum Gasteiger partial charge on any atom is 0.222 e. The molecule has 1 unspecified atom stereocenters. The molecule has 0 aliphatic carbocycles. The molecule has 194 valence electrons. The number of amides is 1. The molecule has 0 radical (unpaired) electrons. The lowest BCUT2D eigenvalue weighted by atomic mass is 9.89. The second kappa shape index (κ2) is 8.76. The number of pyridine rings is 2. The number of likely N-dealkylation sites (tertiary alicyclic amines) is 1. The Morgan fingerprint density at radius 2 is 2.08 bits per heavy atom. The van der Waals surface area contributed by atoms with Gasteiger partial charge in [0.2, 0.25) is 5.91 Å². The Bertz CT molecular complexity index is 1370. The number of aryl methyl sites for hydroxylation is 1. The highest BCUT2D eigenvalue weighted by molar-refractivity contribution is 5.98. The van der Waals surface area contributed by atoms with Crippen LogP contribution in [0.5, 0.6) is 5.75 Å². The van der Waals surface area contributed by atoms with E-state index in [1.165, 1.54) is 6.92 Å². The fourth-order valence-corrected chi connectivity index (χ4v) is 5.86. The van der Waals surface area contributed by atoms with Crippen LogP contribution in [0, 0.1) is 0 Å². The van der Waals surface area contributed by atoms with E-state index < -0.39 is 5.60 Å². The van der Waals surface area contributed by atoms with E-state index in [-0.39, 0.29) is 12.0 Å². The lowest BCUT2D eigenvalue weighted by Crippen LogP contribution is -2.63. The van der Waals surface area contributed by atoms with E-state index in [9.17, 15) is 4.79 Å². The third kappa shape index (κ3) is 3.90. The number of nitrogens with zero attached hydrogens (tertiary/aromatic N) is 4. The Morgan fingerprint density at radius 1 is 1.22 bits per heavy atom. The number of nitrogens with one attached hydrogen (secondary N) is 1. The normalized spacial score (nSPS) is 24.2. The Morgan fingerprint density at radius 3 is 2.81 bits per heavy atom. The van der Waals surface area contributed by atoms with E-state index in [0.29, 0.717) is 31.7 Å². The molecule has 10 heteroatoms. The largest absolute Gasteiger partial charge is 0.487 e. The first-order valence-electron chi connectivity index (χ1n) is 13.0. The van der Waals surface area contributed by atoms with E-state index in [0.717, 1.165) is 78.3 Å². The van der Waals surface area contributed by atoms with Crippen LogP contribution in [0.2, 0.25) is 0 Å². The van der Waals surface area contributed by atoms with Crippen LogP contribution in [0.1, 0.15) is 24.6 Å². The molecule has 0 saturated carbocycles. The van der Waals surface area contributed by atoms with E-state index in [1.807, 2.05) is 17.7 Å². The molecule has 1 spiro atoms. The highest BCUT2D eigenvalue weighted by Crippen LogP contribution is 2.44. The van der Waals surface area contributed by atoms with E-state index in [4.69, 9.17) is 23.9 Å². The maximum atomic E-state index is 11.7. The lowest BCUT2D eigenvalue weighted by molar-refractivity contribution is -0.116. The number of anilines is 1. The van der Waals surface area contributed by atoms with Crippen molar-refractivity contribution in [3.05, 3.63) is 35.8 Å². The fraction of sp³-hybridized carbons (Fsp3) is 0.519. The smallest absolute Gasteiger partial charge is 0.222 e. The van der Waals surface area contributed by atoms with Crippen LogP contribution in [0.3, 0.4) is 0 Å². The zero-order chi connectivity index (χ0) is 25.1. The van der Waals surface area contributed by atoms with Gasteiger partial charge in [0.25, 0.3) is 0 Å². The minimum atomic E-state index is -0.538. The van der Waals surface area contributed by atoms with Crippen molar-refractivity contribution in [3.63, 3.8) is 0 Å². The Labute approximate surface area is 214 Å². The van der Waals surface area contributed by atoms with Gasteiger partial charge in [-0.15, -0.1) is 0 Å². The molecular formula is C27H31N5O5. The van der Waals surface area contributed by atoms with E-state index >= 15 is 0 Å². The Hall–Kier alpha value is -3.05. The number of aromatic nitrogens is 3. The highest BCUT2D eigenvalue weighted by atomic mass is 16.6. The van der Waals surface area contributed by atoms with Gasteiger partial charge in [-0.25, -0.2) is 9.97 Å². The topological polar surface area (TPSA) is 100.0 Å². The summed E-state index contributed by atoms with van der Waals surface area (Å²) in [5.74, 6) is 1.24. The maximum absolute atomic E-state index is 11.7. The van der Waals surface area contributed by atoms with Gasteiger partial charge >= 0.3 is 0 Å². The van der Waals surface area contributed by atoms with Crippen molar-refractivity contribution in [2.75, 3.05) is 51.4 Å². The summed E-state index contributed by atoms with van der Waals surface area (Å²) >= 11 is 0. The summed E-state index contributed by atoms with van der Waals surface area (Å²) in [7, 11) is 1.99. The molecule has 0 bridgehead atoms. The zero-order valence-corrected chi connectivity index (χ0v) is 21.2. The quantitative estimate of drug-likeness (QED) is 0.564. The number of carbonyl (C=O) groups is 1. The molecule has 7 heterocycles. The van der Waals surface area contributed by atoms with E-state index in [2.05, 4.69) is 27.5 Å². The summed E-state index contributed by atoms with van der Waals surface area (Å²) in [6.45, 7) is 6.72. The summed E-state index contributed by atoms with van der Waals surface area (Å²) in [5, 5.41) is 3.76. The van der Waals surface area contributed by atoms with E-state index in [1.54, 1.807) is 6.20 Å². The predicted octanol–water partition coefficient (Wildman–Crippen LogP) is 2.24. The fourth-order valence-electron chi connectivity index (χ4n) is 5.86. The number of carbonyl (C=O) groups excluding carboxylic acids is 1. The average Bonchev–Trinajstić information content (AvgIpc) is 3.41. The number of hydrogen-bond donors (Lipinski definition) is 1. The van der Waals surface area contributed by atoms with Crippen molar-refractivity contribution in [2.45, 2.75) is 37.5 Å². The van der Waals surface area contributed by atoms with Crippen molar-refractivity contribution in [3.8, 4) is 17.0 Å². The standard InChI is InChI=1S/C27H31N5O5/c1-16(33)29-25-7-20-21(12-31(2)23(20)9-28-25)22-8-24(37-18-10-32(11-18)17-13-35-14-17)19-3-5-36-27(26(19)30-22)4-6-34-15-27/h7-9,12,17-18H,3-6,10-11,13-15H2,1-2H3,(H,28,29,33). The Kier molecular flexibility index (Phi) is 5.47. The van der Waals surface area contributed by atoms with Crippen LogP contribution in [-0.4, -0.2) is 83.6 Å². The molecular weight excluding hydrogens is 474 g/mol. The number of fused-ring (bicyclic) bond motifs is 3. The molecule has 1 amide bonds. The molecule has 10 nitrogen and oxygen atoms in total. The van der Waals surface area contributed by atoms with Gasteiger partial charge in [0.1, 0.15) is 23.3 Å². The monoisotopic (exact) mass is 505 g/mol. The van der Waals surface area contributed by atoms with Crippen LogP contribution in [-0.2, 0) is 38.1 Å². The molecule has 37 heavy (non-hydrogen) atoms. The van der Waals surface area contributed by atoms with Gasteiger partial charge in [0, 0.05) is 75.3 Å². The molecule has 1 N–H and O–H groups in total. The number of rotatable bonds is 5. The molecule has 7 rings (SSSR count). The zero-order valence-electron chi connectivity index (χ0n) is 21.2. The van der Waals surface area contributed by atoms with Gasteiger partial charge in [-0.1, -0.05) is 0 Å². The summed E-state index contributed by atoms with van der Waals surface area (Å²) in [5.41, 5.74) is 4.26. The molecule has 1 atom stereocenters. The first-order chi connectivity index (χ1) is 18.0. The van der Waals surface area contributed by atoms with Crippen LogP contribution in [0.25, 0.3) is 22.2 Å². The molecule has 4 aliphatic rings. The second-order valence-corrected chi connectivity index (χ2v) is 10.5.